The summed E-state index contributed by atoms with van der Waals surface area (Å²) in [7, 11) is 0. The maximum atomic E-state index is 4.66. The van der Waals surface area contributed by atoms with E-state index in [0.29, 0.717) is 0 Å². The number of nitrogens with one attached hydrogen (secondary N) is 1. The molecule has 2 aromatic carbocycles. The van der Waals surface area contributed by atoms with Crippen molar-refractivity contribution in [1.82, 2.24) is 4.98 Å². The van der Waals surface area contributed by atoms with E-state index in [1.807, 2.05) is 6.07 Å². The van der Waals surface area contributed by atoms with Gasteiger partial charge in [0.05, 0.1) is 5.69 Å². The van der Waals surface area contributed by atoms with E-state index in [2.05, 4.69) is 71.1 Å². The van der Waals surface area contributed by atoms with E-state index in [1.165, 1.54) is 29.5 Å². The van der Waals surface area contributed by atoms with Crippen LogP contribution in [0.1, 0.15) is 19.8 Å². The van der Waals surface area contributed by atoms with Gasteiger partial charge in [0, 0.05) is 17.5 Å². The second-order valence-corrected chi connectivity index (χ2v) is 6.12. The highest BCUT2D eigenvalue weighted by molar-refractivity contribution is 7.14. The topological polar surface area (TPSA) is 24.9 Å². The van der Waals surface area contributed by atoms with E-state index in [9.17, 15) is 0 Å². The molecule has 0 aliphatic carbocycles. The molecule has 22 heavy (non-hydrogen) atoms. The Balaban J connectivity index is 1.73. The van der Waals surface area contributed by atoms with E-state index in [0.717, 1.165) is 17.4 Å². The number of benzene rings is 2. The molecule has 0 radical (unpaired) electrons. The van der Waals surface area contributed by atoms with Crippen molar-refractivity contribution in [3.63, 3.8) is 0 Å². The van der Waals surface area contributed by atoms with Gasteiger partial charge < -0.3 is 5.32 Å². The zero-order chi connectivity index (χ0) is 15.2. The van der Waals surface area contributed by atoms with E-state index in [1.54, 1.807) is 11.3 Å². The van der Waals surface area contributed by atoms with Crippen molar-refractivity contribution in [2.24, 2.45) is 0 Å². The summed E-state index contributed by atoms with van der Waals surface area (Å²) in [4.78, 5) is 4.66. The Bertz CT molecular complexity index is 702. The van der Waals surface area contributed by atoms with Gasteiger partial charge in [0.25, 0.3) is 0 Å². The molecule has 0 aliphatic heterocycles. The molecule has 3 rings (SSSR count). The van der Waals surface area contributed by atoms with Gasteiger partial charge in [-0.1, -0.05) is 67.9 Å². The van der Waals surface area contributed by atoms with Gasteiger partial charge in [-0.2, -0.15) is 0 Å². The third kappa shape index (κ3) is 3.55. The van der Waals surface area contributed by atoms with Crippen LogP contribution < -0.4 is 5.32 Å². The summed E-state index contributed by atoms with van der Waals surface area (Å²) in [6.07, 6.45) is 2.38. The van der Waals surface area contributed by atoms with E-state index in [4.69, 9.17) is 0 Å². The van der Waals surface area contributed by atoms with Crippen molar-refractivity contribution in [1.29, 1.82) is 0 Å². The van der Waals surface area contributed by atoms with Gasteiger partial charge in [-0.15, -0.1) is 11.3 Å². The van der Waals surface area contributed by atoms with Gasteiger partial charge in [-0.05, 0) is 17.5 Å². The Morgan fingerprint density at radius 2 is 1.59 bits per heavy atom. The molecule has 0 amide bonds. The highest BCUT2D eigenvalue weighted by Crippen LogP contribution is 2.27. The molecule has 3 heteroatoms. The third-order valence-electron chi connectivity index (χ3n) is 3.60. The van der Waals surface area contributed by atoms with Crippen molar-refractivity contribution in [3.05, 3.63) is 60.0 Å². The molecule has 0 bridgehead atoms. The van der Waals surface area contributed by atoms with Crippen molar-refractivity contribution < 1.29 is 0 Å². The molecule has 2 nitrogen and oxygen atoms in total. The van der Waals surface area contributed by atoms with Crippen LogP contribution in [0.15, 0.2) is 60.0 Å². The van der Waals surface area contributed by atoms with Crippen LogP contribution in [0.3, 0.4) is 0 Å². The van der Waals surface area contributed by atoms with Gasteiger partial charge in [-0.25, -0.2) is 4.98 Å². The number of hydrogen-bond donors (Lipinski definition) is 1. The zero-order valence-electron chi connectivity index (χ0n) is 12.8. The number of thiazole rings is 1. The fourth-order valence-electron chi connectivity index (χ4n) is 2.32. The minimum atomic E-state index is 0.996. The molecule has 3 aromatic rings. The number of rotatable bonds is 6. The number of hydrogen-bond acceptors (Lipinski definition) is 3. The fourth-order valence-corrected chi connectivity index (χ4v) is 3.07. The minimum absolute atomic E-state index is 0.996. The van der Waals surface area contributed by atoms with Crippen LogP contribution in [0.2, 0.25) is 0 Å². The standard InChI is InChI=1S/C19H20N2S/c1-2-3-13-20-19-21-18(14-22-19)17-11-9-16(10-12-17)15-7-5-4-6-8-15/h4-12,14H,2-3,13H2,1H3,(H,20,21). The fraction of sp³-hybridized carbons (Fsp3) is 0.211. The smallest absolute Gasteiger partial charge is 0.183 e. The predicted octanol–water partition coefficient (Wildman–Crippen LogP) is 5.69. The lowest BCUT2D eigenvalue weighted by Gasteiger charge is -2.03. The number of aromatic nitrogens is 1. The first kappa shape index (κ1) is 14.8. The molecule has 0 saturated heterocycles. The summed E-state index contributed by atoms with van der Waals surface area (Å²) in [5.74, 6) is 0. The molecule has 1 N–H and O–H groups in total. The summed E-state index contributed by atoms with van der Waals surface area (Å²) in [6, 6.07) is 19.1. The highest BCUT2D eigenvalue weighted by Gasteiger charge is 2.05. The van der Waals surface area contributed by atoms with Crippen LogP contribution in [0.4, 0.5) is 5.13 Å². The van der Waals surface area contributed by atoms with Crippen LogP contribution in [0.5, 0.6) is 0 Å². The van der Waals surface area contributed by atoms with Gasteiger partial charge in [0.2, 0.25) is 0 Å². The molecule has 0 unspecified atom stereocenters. The lowest BCUT2D eigenvalue weighted by molar-refractivity contribution is 0.833. The predicted molar refractivity (Wildman–Crippen MR) is 96.4 cm³/mol. The van der Waals surface area contributed by atoms with Crippen molar-refractivity contribution in [2.45, 2.75) is 19.8 Å². The molecule has 0 fully saturated rings. The molecule has 0 aliphatic rings. The Morgan fingerprint density at radius 3 is 2.32 bits per heavy atom. The third-order valence-corrected chi connectivity index (χ3v) is 4.40. The van der Waals surface area contributed by atoms with Crippen molar-refractivity contribution >= 4 is 16.5 Å². The first-order valence-corrected chi connectivity index (χ1v) is 8.60. The second kappa shape index (κ2) is 7.23. The van der Waals surface area contributed by atoms with Gasteiger partial charge in [-0.3, -0.25) is 0 Å². The molecule has 0 spiro atoms. The molecule has 1 heterocycles. The summed E-state index contributed by atoms with van der Waals surface area (Å²) < 4.78 is 0. The summed E-state index contributed by atoms with van der Waals surface area (Å²) in [5.41, 5.74) is 4.69. The largest absolute Gasteiger partial charge is 0.362 e. The average molecular weight is 308 g/mol. The zero-order valence-corrected chi connectivity index (χ0v) is 13.6. The molecule has 112 valence electrons. The Morgan fingerprint density at radius 1 is 0.909 bits per heavy atom. The lowest BCUT2D eigenvalue weighted by Crippen LogP contribution is -1.99. The number of anilines is 1. The van der Waals surface area contributed by atoms with Gasteiger partial charge in [0.15, 0.2) is 5.13 Å². The number of unbranched alkanes of at least 4 members (excludes halogenated alkanes) is 1. The monoisotopic (exact) mass is 308 g/mol. The second-order valence-electron chi connectivity index (χ2n) is 5.26. The molecule has 1 aromatic heterocycles. The molecular formula is C19H20N2S. The first-order valence-electron chi connectivity index (χ1n) is 7.72. The SMILES string of the molecule is CCCCNc1nc(-c2ccc(-c3ccccc3)cc2)cs1. The maximum Gasteiger partial charge on any atom is 0.183 e. The van der Waals surface area contributed by atoms with Crippen LogP contribution >= 0.6 is 11.3 Å². The van der Waals surface area contributed by atoms with Crippen LogP contribution in [0, 0.1) is 0 Å². The quantitative estimate of drug-likeness (QED) is 0.592. The van der Waals surface area contributed by atoms with Gasteiger partial charge >= 0.3 is 0 Å². The Kier molecular flexibility index (Phi) is 4.86. The van der Waals surface area contributed by atoms with Gasteiger partial charge in [0.1, 0.15) is 0 Å². The van der Waals surface area contributed by atoms with E-state index < -0.39 is 0 Å². The first-order chi connectivity index (χ1) is 10.9. The summed E-state index contributed by atoms with van der Waals surface area (Å²) in [6.45, 7) is 3.19. The highest BCUT2D eigenvalue weighted by atomic mass is 32.1. The van der Waals surface area contributed by atoms with Crippen LogP contribution in [0.25, 0.3) is 22.4 Å². The minimum Gasteiger partial charge on any atom is -0.362 e. The Labute approximate surface area is 135 Å². The summed E-state index contributed by atoms with van der Waals surface area (Å²) >= 11 is 1.67. The molecular weight excluding hydrogens is 288 g/mol. The van der Waals surface area contributed by atoms with Crippen LogP contribution in [-0.2, 0) is 0 Å². The van der Waals surface area contributed by atoms with Crippen LogP contribution in [-0.4, -0.2) is 11.5 Å². The molecule has 0 saturated carbocycles. The Hall–Kier alpha value is -2.13. The summed E-state index contributed by atoms with van der Waals surface area (Å²) in [5, 5.41) is 6.51. The maximum absolute atomic E-state index is 4.66. The van der Waals surface area contributed by atoms with Crippen molar-refractivity contribution in [2.75, 3.05) is 11.9 Å². The van der Waals surface area contributed by atoms with E-state index >= 15 is 0 Å². The normalized spacial score (nSPS) is 10.6. The van der Waals surface area contributed by atoms with E-state index in [-0.39, 0.29) is 0 Å². The average Bonchev–Trinajstić information content (AvgIpc) is 3.05. The number of nitrogens with zero attached hydrogens (tertiary/aromatic N) is 1. The van der Waals surface area contributed by atoms with Crippen molar-refractivity contribution in [3.8, 4) is 22.4 Å². The lowest BCUT2D eigenvalue weighted by atomic mass is 10.0. The molecule has 0 atom stereocenters.